The van der Waals surface area contributed by atoms with E-state index in [2.05, 4.69) is 29.4 Å². The van der Waals surface area contributed by atoms with Crippen molar-refractivity contribution in [2.45, 2.75) is 38.0 Å². The molecular formula is C13H17N3O3S. The van der Waals surface area contributed by atoms with Gasteiger partial charge in [-0.15, -0.1) is 10.2 Å². The quantitative estimate of drug-likeness (QED) is 0.791. The third-order valence-corrected chi connectivity index (χ3v) is 3.63. The van der Waals surface area contributed by atoms with Gasteiger partial charge in [0, 0.05) is 6.04 Å². The number of carbonyl (C=O) groups is 1. The molecule has 0 aliphatic heterocycles. The molecule has 108 valence electrons. The van der Waals surface area contributed by atoms with Crippen LogP contribution >= 0.6 is 11.8 Å². The number of furan rings is 1. The van der Waals surface area contributed by atoms with Crippen LogP contribution in [0.25, 0.3) is 11.7 Å². The van der Waals surface area contributed by atoms with Crippen molar-refractivity contribution in [1.29, 1.82) is 0 Å². The lowest BCUT2D eigenvalue weighted by Crippen LogP contribution is -2.34. The summed E-state index contributed by atoms with van der Waals surface area (Å²) in [5.74, 6) is 1.07. The smallest absolute Gasteiger partial charge is 0.284 e. The van der Waals surface area contributed by atoms with E-state index >= 15 is 0 Å². The highest BCUT2D eigenvalue weighted by Crippen LogP contribution is 2.23. The lowest BCUT2D eigenvalue weighted by atomic mass is 10.2. The lowest BCUT2D eigenvalue weighted by molar-refractivity contribution is -0.119. The summed E-state index contributed by atoms with van der Waals surface area (Å²) in [6.07, 6.45) is 3.39. The van der Waals surface area contributed by atoms with Gasteiger partial charge in [-0.05, 0) is 25.0 Å². The standard InChI is InChI=1S/C13H17N3O3S/c1-3-9(4-2)14-11(17)8-20-13-16-15-12(19-13)10-6-5-7-18-10/h5-7,9H,3-4,8H2,1-2H3,(H,14,17). The van der Waals surface area contributed by atoms with Crippen LogP contribution in [0.15, 0.2) is 32.5 Å². The zero-order valence-corrected chi connectivity index (χ0v) is 12.3. The van der Waals surface area contributed by atoms with Gasteiger partial charge >= 0.3 is 0 Å². The molecule has 7 heteroatoms. The van der Waals surface area contributed by atoms with Crippen LogP contribution in [-0.4, -0.2) is 27.9 Å². The Morgan fingerprint density at radius 3 is 2.85 bits per heavy atom. The number of aromatic nitrogens is 2. The molecule has 2 rings (SSSR count). The summed E-state index contributed by atoms with van der Waals surface area (Å²) in [5, 5.41) is 11.0. The second kappa shape index (κ2) is 7.14. The number of rotatable bonds is 7. The van der Waals surface area contributed by atoms with Gasteiger partial charge in [0.15, 0.2) is 5.76 Å². The van der Waals surface area contributed by atoms with Crippen LogP contribution in [0.3, 0.4) is 0 Å². The van der Waals surface area contributed by atoms with Crippen molar-refractivity contribution in [2.75, 3.05) is 5.75 Å². The second-order valence-corrected chi connectivity index (χ2v) is 5.15. The first-order valence-electron chi connectivity index (χ1n) is 6.52. The molecule has 0 aromatic carbocycles. The van der Waals surface area contributed by atoms with Crippen LogP contribution in [0.4, 0.5) is 0 Å². The number of amides is 1. The zero-order valence-electron chi connectivity index (χ0n) is 11.5. The summed E-state index contributed by atoms with van der Waals surface area (Å²) in [7, 11) is 0. The maximum Gasteiger partial charge on any atom is 0.284 e. The van der Waals surface area contributed by atoms with Gasteiger partial charge in [-0.2, -0.15) is 0 Å². The number of hydrogen-bond acceptors (Lipinski definition) is 6. The SMILES string of the molecule is CCC(CC)NC(=O)CSc1nnc(-c2ccco2)o1. The molecule has 0 spiro atoms. The third-order valence-electron chi connectivity index (χ3n) is 2.82. The Kier molecular flexibility index (Phi) is 5.23. The average Bonchev–Trinajstić information content (AvgIpc) is 3.12. The van der Waals surface area contributed by atoms with Crippen LogP contribution in [0.2, 0.25) is 0 Å². The minimum absolute atomic E-state index is 0.0264. The van der Waals surface area contributed by atoms with Crippen molar-refractivity contribution < 1.29 is 13.6 Å². The Morgan fingerprint density at radius 1 is 1.40 bits per heavy atom. The Hall–Kier alpha value is -1.76. The van der Waals surface area contributed by atoms with E-state index < -0.39 is 0 Å². The van der Waals surface area contributed by atoms with Crippen molar-refractivity contribution in [3.05, 3.63) is 18.4 Å². The first kappa shape index (κ1) is 14.6. The normalized spacial score (nSPS) is 10.9. The molecule has 2 heterocycles. The fraction of sp³-hybridized carbons (Fsp3) is 0.462. The maximum atomic E-state index is 11.7. The molecular weight excluding hydrogens is 278 g/mol. The molecule has 0 saturated heterocycles. The highest BCUT2D eigenvalue weighted by molar-refractivity contribution is 7.99. The molecule has 20 heavy (non-hydrogen) atoms. The summed E-state index contributed by atoms with van der Waals surface area (Å²) >= 11 is 1.22. The van der Waals surface area contributed by atoms with Crippen molar-refractivity contribution in [3.63, 3.8) is 0 Å². The lowest BCUT2D eigenvalue weighted by Gasteiger charge is -2.13. The van der Waals surface area contributed by atoms with Gasteiger partial charge in [0.1, 0.15) is 0 Å². The van der Waals surface area contributed by atoms with Crippen molar-refractivity contribution >= 4 is 17.7 Å². The molecule has 0 saturated carbocycles. The van der Waals surface area contributed by atoms with E-state index in [1.165, 1.54) is 18.0 Å². The predicted molar refractivity (Wildman–Crippen MR) is 75.2 cm³/mol. The topological polar surface area (TPSA) is 81.2 Å². The van der Waals surface area contributed by atoms with Crippen LogP contribution < -0.4 is 5.32 Å². The molecule has 0 unspecified atom stereocenters. The van der Waals surface area contributed by atoms with Crippen LogP contribution in [0.5, 0.6) is 0 Å². The first-order valence-corrected chi connectivity index (χ1v) is 7.51. The summed E-state index contributed by atoms with van der Waals surface area (Å²) in [5.41, 5.74) is 0. The Bertz CT molecular complexity index is 535. The van der Waals surface area contributed by atoms with Gasteiger partial charge < -0.3 is 14.2 Å². The third kappa shape index (κ3) is 3.86. The largest absolute Gasteiger partial charge is 0.459 e. The molecule has 0 radical (unpaired) electrons. The second-order valence-electron chi connectivity index (χ2n) is 4.22. The van der Waals surface area contributed by atoms with Crippen molar-refractivity contribution in [2.24, 2.45) is 0 Å². The Labute approximate surface area is 121 Å². The summed E-state index contributed by atoms with van der Waals surface area (Å²) in [4.78, 5) is 11.7. The van der Waals surface area contributed by atoms with E-state index in [1.54, 1.807) is 12.1 Å². The van der Waals surface area contributed by atoms with Gasteiger partial charge in [0.25, 0.3) is 11.1 Å². The highest BCUT2D eigenvalue weighted by atomic mass is 32.2. The van der Waals surface area contributed by atoms with Gasteiger partial charge in [-0.3, -0.25) is 4.79 Å². The van der Waals surface area contributed by atoms with E-state index in [1.807, 2.05) is 0 Å². The van der Waals surface area contributed by atoms with Gasteiger partial charge in [-0.25, -0.2) is 0 Å². The molecule has 0 fully saturated rings. The van der Waals surface area contributed by atoms with E-state index in [4.69, 9.17) is 8.83 Å². The Morgan fingerprint density at radius 2 is 2.20 bits per heavy atom. The van der Waals surface area contributed by atoms with E-state index in [9.17, 15) is 4.79 Å². The van der Waals surface area contributed by atoms with E-state index in [-0.39, 0.29) is 17.7 Å². The van der Waals surface area contributed by atoms with Crippen molar-refractivity contribution in [1.82, 2.24) is 15.5 Å². The summed E-state index contributed by atoms with van der Waals surface area (Å²) in [6.45, 7) is 4.10. The molecule has 0 aliphatic rings. The van der Waals surface area contributed by atoms with Gasteiger partial charge in [0.2, 0.25) is 5.91 Å². The summed E-state index contributed by atoms with van der Waals surface area (Å²) in [6, 6.07) is 3.71. The molecule has 2 aromatic heterocycles. The number of thioether (sulfide) groups is 1. The highest BCUT2D eigenvalue weighted by Gasteiger charge is 2.14. The molecule has 6 nitrogen and oxygen atoms in total. The van der Waals surface area contributed by atoms with Crippen LogP contribution in [0.1, 0.15) is 26.7 Å². The fourth-order valence-electron chi connectivity index (χ4n) is 1.66. The van der Waals surface area contributed by atoms with Crippen LogP contribution in [-0.2, 0) is 4.79 Å². The predicted octanol–water partition coefficient (Wildman–Crippen LogP) is 2.73. The molecule has 1 amide bonds. The average molecular weight is 295 g/mol. The molecule has 0 bridgehead atoms. The minimum Gasteiger partial charge on any atom is -0.459 e. The molecule has 2 aromatic rings. The molecule has 0 atom stereocenters. The Balaban J connectivity index is 1.84. The number of nitrogens with zero attached hydrogens (tertiary/aromatic N) is 2. The fourth-order valence-corrected chi connectivity index (χ4v) is 2.23. The summed E-state index contributed by atoms with van der Waals surface area (Å²) < 4.78 is 10.6. The van der Waals surface area contributed by atoms with Gasteiger partial charge in [0.05, 0.1) is 12.0 Å². The number of carbonyl (C=O) groups excluding carboxylic acids is 1. The minimum atomic E-state index is -0.0264. The molecule has 1 N–H and O–H groups in total. The monoisotopic (exact) mass is 295 g/mol. The van der Waals surface area contributed by atoms with Crippen LogP contribution in [0, 0.1) is 0 Å². The van der Waals surface area contributed by atoms with Crippen molar-refractivity contribution in [3.8, 4) is 11.7 Å². The maximum absolute atomic E-state index is 11.7. The molecule has 0 aliphatic carbocycles. The zero-order chi connectivity index (χ0) is 14.4. The van der Waals surface area contributed by atoms with E-state index in [0.717, 1.165) is 12.8 Å². The first-order chi connectivity index (χ1) is 9.72. The van der Waals surface area contributed by atoms with Gasteiger partial charge in [-0.1, -0.05) is 25.6 Å². The number of nitrogens with one attached hydrogen (secondary N) is 1. The number of hydrogen-bond donors (Lipinski definition) is 1. The van der Waals surface area contributed by atoms with E-state index in [0.29, 0.717) is 16.9 Å².